The van der Waals surface area contributed by atoms with Crippen LogP contribution in [0.1, 0.15) is 11.1 Å². The summed E-state index contributed by atoms with van der Waals surface area (Å²) in [5.74, 6) is 0. The lowest BCUT2D eigenvalue weighted by molar-refractivity contribution is 0.836. The first-order valence-corrected chi connectivity index (χ1v) is 5.77. The monoisotopic (exact) mass is 222 g/mol. The standard InChI is InChI=1S/C15H14N2/c1-12-2-4-13(5-3-12)11-17-9-7-14-10-16-8-6-15(14)17/h2-10H,11H2,1H3. The van der Waals surface area contributed by atoms with Crippen LogP contribution in [0.15, 0.2) is 55.0 Å². The van der Waals surface area contributed by atoms with Crippen LogP contribution in [-0.2, 0) is 6.54 Å². The summed E-state index contributed by atoms with van der Waals surface area (Å²) in [5.41, 5.74) is 3.86. The van der Waals surface area contributed by atoms with E-state index in [1.165, 1.54) is 22.0 Å². The molecule has 0 atom stereocenters. The second kappa shape index (κ2) is 4.06. The van der Waals surface area contributed by atoms with E-state index in [9.17, 15) is 0 Å². The minimum absolute atomic E-state index is 0.911. The van der Waals surface area contributed by atoms with E-state index >= 15 is 0 Å². The highest BCUT2D eigenvalue weighted by Gasteiger charge is 2.00. The number of nitrogens with zero attached hydrogens (tertiary/aromatic N) is 2. The minimum Gasteiger partial charge on any atom is -0.343 e. The second-order valence-corrected chi connectivity index (χ2v) is 4.36. The van der Waals surface area contributed by atoms with Crippen molar-refractivity contribution in [1.82, 2.24) is 9.55 Å². The van der Waals surface area contributed by atoms with Gasteiger partial charge in [-0.15, -0.1) is 0 Å². The Kier molecular flexibility index (Phi) is 2.41. The summed E-state index contributed by atoms with van der Waals surface area (Å²) in [7, 11) is 0. The summed E-state index contributed by atoms with van der Waals surface area (Å²) in [5, 5.41) is 1.19. The fourth-order valence-corrected chi connectivity index (χ4v) is 2.07. The van der Waals surface area contributed by atoms with Gasteiger partial charge in [-0.3, -0.25) is 4.98 Å². The number of hydrogen-bond donors (Lipinski definition) is 0. The molecule has 0 bridgehead atoms. The van der Waals surface area contributed by atoms with Gasteiger partial charge in [0.1, 0.15) is 0 Å². The van der Waals surface area contributed by atoms with Crippen molar-refractivity contribution in [2.75, 3.05) is 0 Å². The summed E-state index contributed by atoms with van der Waals surface area (Å²) in [4.78, 5) is 4.13. The van der Waals surface area contributed by atoms with Gasteiger partial charge in [-0.2, -0.15) is 0 Å². The molecule has 1 aromatic carbocycles. The zero-order valence-corrected chi connectivity index (χ0v) is 9.80. The van der Waals surface area contributed by atoms with Crippen LogP contribution in [0.5, 0.6) is 0 Å². The maximum atomic E-state index is 4.13. The molecule has 84 valence electrons. The number of pyridine rings is 1. The van der Waals surface area contributed by atoms with Gasteiger partial charge in [-0.25, -0.2) is 0 Å². The number of hydrogen-bond acceptors (Lipinski definition) is 1. The van der Waals surface area contributed by atoms with Crippen molar-refractivity contribution in [2.45, 2.75) is 13.5 Å². The van der Waals surface area contributed by atoms with E-state index < -0.39 is 0 Å². The van der Waals surface area contributed by atoms with Gasteiger partial charge in [-0.05, 0) is 24.6 Å². The number of rotatable bonds is 2. The topological polar surface area (TPSA) is 17.8 Å². The molecule has 17 heavy (non-hydrogen) atoms. The molecule has 0 saturated heterocycles. The summed E-state index contributed by atoms with van der Waals surface area (Å²) < 4.78 is 2.25. The maximum Gasteiger partial charge on any atom is 0.0514 e. The van der Waals surface area contributed by atoms with Crippen molar-refractivity contribution in [3.05, 3.63) is 66.1 Å². The minimum atomic E-state index is 0.911. The summed E-state index contributed by atoms with van der Waals surface area (Å²) >= 11 is 0. The summed E-state index contributed by atoms with van der Waals surface area (Å²) in [6, 6.07) is 12.8. The first kappa shape index (κ1) is 10.1. The third kappa shape index (κ3) is 1.94. The Morgan fingerprint density at radius 1 is 1.06 bits per heavy atom. The Labute approximate surface area is 101 Å². The van der Waals surface area contributed by atoms with Crippen molar-refractivity contribution < 1.29 is 0 Å². The van der Waals surface area contributed by atoms with E-state index in [0.717, 1.165) is 6.54 Å². The van der Waals surface area contributed by atoms with E-state index in [1.54, 1.807) is 0 Å². The molecule has 0 saturated carbocycles. The largest absolute Gasteiger partial charge is 0.343 e. The molecule has 0 radical (unpaired) electrons. The lowest BCUT2D eigenvalue weighted by atomic mass is 10.1. The van der Waals surface area contributed by atoms with Gasteiger partial charge in [0.15, 0.2) is 0 Å². The van der Waals surface area contributed by atoms with Gasteiger partial charge in [-0.1, -0.05) is 29.8 Å². The van der Waals surface area contributed by atoms with Crippen LogP contribution in [0.25, 0.3) is 10.9 Å². The van der Waals surface area contributed by atoms with E-state index in [1.807, 2.05) is 12.4 Å². The van der Waals surface area contributed by atoms with Crippen molar-refractivity contribution in [3.8, 4) is 0 Å². The third-order valence-corrected chi connectivity index (χ3v) is 3.04. The van der Waals surface area contributed by atoms with Crippen LogP contribution in [-0.4, -0.2) is 9.55 Å². The zero-order valence-electron chi connectivity index (χ0n) is 9.80. The Morgan fingerprint density at radius 3 is 2.71 bits per heavy atom. The highest BCUT2D eigenvalue weighted by atomic mass is 15.0. The van der Waals surface area contributed by atoms with Crippen LogP contribution in [0, 0.1) is 6.92 Å². The van der Waals surface area contributed by atoms with Gasteiger partial charge in [0.2, 0.25) is 0 Å². The smallest absolute Gasteiger partial charge is 0.0514 e. The molecule has 2 aromatic heterocycles. The summed E-state index contributed by atoms with van der Waals surface area (Å²) in [6.45, 7) is 3.02. The molecule has 3 rings (SSSR count). The number of aromatic nitrogens is 2. The van der Waals surface area contributed by atoms with Crippen LogP contribution >= 0.6 is 0 Å². The fraction of sp³-hybridized carbons (Fsp3) is 0.133. The average molecular weight is 222 g/mol. The van der Waals surface area contributed by atoms with Crippen molar-refractivity contribution >= 4 is 10.9 Å². The number of benzene rings is 1. The van der Waals surface area contributed by atoms with Gasteiger partial charge in [0.05, 0.1) is 5.52 Å². The van der Waals surface area contributed by atoms with Crippen LogP contribution < -0.4 is 0 Å². The third-order valence-electron chi connectivity index (χ3n) is 3.04. The molecular formula is C15H14N2. The molecule has 0 aliphatic carbocycles. The Balaban J connectivity index is 1.97. The molecule has 2 nitrogen and oxygen atoms in total. The Hall–Kier alpha value is -2.09. The van der Waals surface area contributed by atoms with Gasteiger partial charge >= 0.3 is 0 Å². The molecule has 0 amide bonds. The molecular weight excluding hydrogens is 208 g/mol. The molecule has 0 unspecified atom stereocenters. The first-order chi connectivity index (χ1) is 8.33. The van der Waals surface area contributed by atoms with Crippen molar-refractivity contribution in [2.24, 2.45) is 0 Å². The zero-order chi connectivity index (χ0) is 11.7. The van der Waals surface area contributed by atoms with E-state index in [-0.39, 0.29) is 0 Å². The van der Waals surface area contributed by atoms with Crippen LogP contribution in [0.2, 0.25) is 0 Å². The van der Waals surface area contributed by atoms with Crippen molar-refractivity contribution in [1.29, 1.82) is 0 Å². The molecule has 0 fully saturated rings. The lowest BCUT2D eigenvalue weighted by Gasteiger charge is -2.05. The van der Waals surface area contributed by atoms with E-state index in [0.29, 0.717) is 0 Å². The molecule has 0 aliphatic rings. The van der Waals surface area contributed by atoms with Gasteiger partial charge < -0.3 is 4.57 Å². The molecule has 0 aliphatic heterocycles. The van der Waals surface area contributed by atoms with Gasteiger partial charge in [0, 0.05) is 30.5 Å². The normalized spacial score (nSPS) is 10.9. The Bertz CT molecular complexity index is 635. The molecule has 0 spiro atoms. The number of fused-ring (bicyclic) bond motifs is 1. The molecule has 0 N–H and O–H groups in total. The average Bonchev–Trinajstić information content (AvgIpc) is 2.76. The Morgan fingerprint density at radius 2 is 1.88 bits per heavy atom. The number of aryl methyl sites for hydroxylation is 1. The quantitative estimate of drug-likeness (QED) is 0.650. The lowest BCUT2D eigenvalue weighted by Crippen LogP contribution is -1.97. The predicted molar refractivity (Wildman–Crippen MR) is 70.0 cm³/mol. The van der Waals surface area contributed by atoms with E-state index in [4.69, 9.17) is 0 Å². The second-order valence-electron chi connectivity index (χ2n) is 4.36. The summed E-state index contributed by atoms with van der Waals surface area (Å²) in [6.07, 6.45) is 5.86. The van der Waals surface area contributed by atoms with Crippen LogP contribution in [0.3, 0.4) is 0 Å². The van der Waals surface area contributed by atoms with Crippen molar-refractivity contribution in [3.63, 3.8) is 0 Å². The fourth-order valence-electron chi connectivity index (χ4n) is 2.07. The molecule has 3 aromatic rings. The highest BCUT2D eigenvalue weighted by Crippen LogP contribution is 2.15. The SMILES string of the molecule is Cc1ccc(Cn2ccc3cnccc32)cc1. The molecule has 2 heteroatoms. The molecule has 2 heterocycles. The van der Waals surface area contributed by atoms with Gasteiger partial charge in [0.25, 0.3) is 0 Å². The maximum absolute atomic E-state index is 4.13. The van der Waals surface area contributed by atoms with Crippen LogP contribution in [0.4, 0.5) is 0 Å². The van der Waals surface area contributed by atoms with E-state index in [2.05, 4.69) is 59.1 Å². The first-order valence-electron chi connectivity index (χ1n) is 5.77. The highest BCUT2D eigenvalue weighted by molar-refractivity contribution is 5.78. The predicted octanol–water partition coefficient (Wildman–Crippen LogP) is 3.39.